The predicted octanol–water partition coefficient (Wildman–Crippen LogP) is -1.65. The number of ether oxygens (including phenoxy) is 2. The molecule has 0 rings (SSSR count). The van der Waals surface area contributed by atoms with Gasteiger partial charge in [-0.3, -0.25) is 4.79 Å². The van der Waals surface area contributed by atoms with Crippen molar-refractivity contribution in [3.63, 3.8) is 0 Å². The van der Waals surface area contributed by atoms with Crippen LogP contribution in [0.25, 0.3) is 0 Å². The highest BCUT2D eigenvalue weighted by atomic mass is 16.5. The van der Waals surface area contributed by atoms with Gasteiger partial charge >= 0.3 is 0 Å². The fraction of sp³-hybridized carbons (Fsp3) is 0.667. The molecule has 0 bridgehead atoms. The molecule has 0 saturated heterocycles. The van der Waals surface area contributed by atoms with Gasteiger partial charge in [0.1, 0.15) is 0 Å². The molecule has 0 spiro atoms. The van der Waals surface area contributed by atoms with Crippen LogP contribution in [0.3, 0.4) is 0 Å². The van der Waals surface area contributed by atoms with Crippen LogP contribution in [-0.2, 0) is 14.3 Å². The lowest BCUT2D eigenvalue weighted by Gasteiger charge is -2.13. The summed E-state index contributed by atoms with van der Waals surface area (Å²) >= 11 is 0. The first-order valence-electron chi connectivity index (χ1n) is 4.77. The molecular weight excluding hydrogens is 198 g/mol. The third-order valence-electron chi connectivity index (χ3n) is 1.47. The summed E-state index contributed by atoms with van der Waals surface area (Å²) in [6.07, 6.45) is 2.48. The van der Waals surface area contributed by atoms with Crippen molar-refractivity contribution >= 4 is 5.91 Å². The van der Waals surface area contributed by atoms with E-state index in [-0.39, 0.29) is 6.10 Å². The van der Waals surface area contributed by atoms with Gasteiger partial charge in [0.25, 0.3) is 0 Å². The summed E-state index contributed by atoms with van der Waals surface area (Å²) in [6, 6.07) is 0. The molecule has 0 aromatic carbocycles. The SMILES string of the molecule is NCCOCC(C=CC(N)=O)OCCN. The van der Waals surface area contributed by atoms with E-state index in [0.717, 1.165) is 0 Å². The standard InChI is InChI=1S/C9H19N3O3/c10-3-5-14-7-8(15-6-4-11)1-2-9(12)13/h1-2,8H,3-7,10-11H2,(H2,12,13). The first kappa shape index (κ1) is 14.1. The number of primary amides is 1. The van der Waals surface area contributed by atoms with E-state index in [2.05, 4.69) is 0 Å². The van der Waals surface area contributed by atoms with Crippen molar-refractivity contribution in [2.45, 2.75) is 6.10 Å². The second kappa shape index (κ2) is 9.60. The summed E-state index contributed by atoms with van der Waals surface area (Å²) in [6.45, 7) is 2.05. The Morgan fingerprint density at radius 2 is 1.93 bits per heavy atom. The number of rotatable bonds is 9. The van der Waals surface area contributed by atoms with Crippen LogP contribution in [0.5, 0.6) is 0 Å². The molecular formula is C9H19N3O3. The number of hydrogen-bond donors (Lipinski definition) is 3. The van der Waals surface area contributed by atoms with Crippen molar-refractivity contribution < 1.29 is 14.3 Å². The normalized spacial score (nSPS) is 13.2. The zero-order valence-electron chi connectivity index (χ0n) is 8.72. The van der Waals surface area contributed by atoms with Crippen LogP contribution in [0, 0.1) is 0 Å². The lowest BCUT2D eigenvalue weighted by Crippen LogP contribution is -2.23. The Hall–Kier alpha value is -0.950. The van der Waals surface area contributed by atoms with E-state index >= 15 is 0 Å². The molecule has 15 heavy (non-hydrogen) atoms. The third-order valence-corrected chi connectivity index (χ3v) is 1.47. The first-order chi connectivity index (χ1) is 7.20. The number of carbonyl (C=O) groups excluding carboxylic acids is 1. The van der Waals surface area contributed by atoms with Gasteiger partial charge in [-0.2, -0.15) is 0 Å². The first-order valence-corrected chi connectivity index (χ1v) is 4.77. The Bertz CT molecular complexity index is 197. The van der Waals surface area contributed by atoms with Crippen LogP contribution in [0.15, 0.2) is 12.2 Å². The lowest BCUT2D eigenvalue weighted by molar-refractivity contribution is -0.113. The maximum Gasteiger partial charge on any atom is 0.241 e. The maximum atomic E-state index is 10.5. The molecule has 0 aromatic heterocycles. The quantitative estimate of drug-likeness (QED) is 0.316. The van der Waals surface area contributed by atoms with E-state index in [1.807, 2.05) is 0 Å². The van der Waals surface area contributed by atoms with E-state index < -0.39 is 5.91 Å². The Morgan fingerprint density at radius 1 is 1.27 bits per heavy atom. The molecule has 6 N–H and O–H groups in total. The van der Waals surface area contributed by atoms with Gasteiger partial charge in [-0.1, -0.05) is 0 Å². The lowest BCUT2D eigenvalue weighted by atomic mass is 10.3. The van der Waals surface area contributed by atoms with Gasteiger partial charge in [0, 0.05) is 19.2 Å². The molecule has 0 aliphatic heterocycles. The summed E-state index contributed by atoms with van der Waals surface area (Å²) in [5.74, 6) is -0.518. The van der Waals surface area contributed by atoms with Crippen LogP contribution >= 0.6 is 0 Å². The van der Waals surface area contributed by atoms with Crippen LogP contribution < -0.4 is 17.2 Å². The third kappa shape index (κ3) is 9.36. The summed E-state index contributed by atoms with van der Waals surface area (Å²) in [5, 5.41) is 0. The highest BCUT2D eigenvalue weighted by Crippen LogP contribution is 1.95. The minimum absolute atomic E-state index is 0.312. The minimum atomic E-state index is -0.518. The minimum Gasteiger partial charge on any atom is -0.377 e. The van der Waals surface area contributed by atoms with Gasteiger partial charge in [-0.25, -0.2) is 0 Å². The van der Waals surface area contributed by atoms with Crippen LogP contribution in [0.1, 0.15) is 0 Å². The van der Waals surface area contributed by atoms with Gasteiger partial charge in [0.2, 0.25) is 5.91 Å². The molecule has 6 nitrogen and oxygen atoms in total. The molecule has 0 radical (unpaired) electrons. The van der Waals surface area contributed by atoms with Gasteiger partial charge in [0.05, 0.1) is 25.9 Å². The summed E-state index contributed by atoms with van der Waals surface area (Å²) in [7, 11) is 0. The largest absolute Gasteiger partial charge is 0.377 e. The Morgan fingerprint density at radius 3 is 2.47 bits per heavy atom. The Balaban J connectivity index is 3.88. The molecule has 1 atom stereocenters. The Kier molecular flexibility index (Phi) is 8.99. The van der Waals surface area contributed by atoms with Crippen molar-refractivity contribution in [2.24, 2.45) is 17.2 Å². The molecule has 1 unspecified atom stereocenters. The maximum absolute atomic E-state index is 10.5. The van der Waals surface area contributed by atoms with E-state index in [4.69, 9.17) is 26.7 Å². The Labute approximate surface area is 89.4 Å². The summed E-state index contributed by atoms with van der Waals surface area (Å²) in [5.41, 5.74) is 15.5. The number of carbonyl (C=O) groups is 1. The van der Waals surface area contributed by atoms with Crippen LogP contribution in [0.4, 0.5) is 0 Å². The molecule has 0 saturated carbocycles. The molecule has 0 aliphatic rings. The van der Waals surface area contributed by atoms with Crippen molar-refractivity contribution in [3.05, 3.63) is 12.2 Å². The van der Waals surface area contributed by atoms with Crippen molar-refractivity contribution in [1.29, 1.82) is 0 Å². The fourth-order valence-corrected chi connectivity index (χ4v) is 0.864. The summed E-state index contributed by atoms with van der Waals surface area (Å²) in [4.78, 5) is 10.5. The zero-order valence-corrected chi connectivity index (χ0v) is 8.72. The van der Waals surface area contributed by atoms with E-state index in [0.29, 0.717) is 32.9 Å². The second-order valence-electron chi connectivity index (χ2n) is 2.82. The monoisotopic (exact) mass is 217 g/mol. The molecule has 0 fully saturated rings. The van der Waals surface area contributed by atoms with Crippen molar-refractivity contribution in [1.82, 2.24) is 0 Å². The van der Waals surface area contributed by atoms with Gasteiger partial charge in [0.15, 0.2) is 0 Å². The zero-order chi connectivity index (χ0) is 11.5. The van der Waals surface area contributed by atoms with Crippen molar-refractivity contribution in [3.8, 4) is 0 Å². The van der Waals surface area contributed by atoms with Crippen LogP contribution in [-0.4, -0.2) is 44.9 Å². The van der Waals surface area contributed by atoms with E-state index in [1.54, 1.807) is 6.08 Å². The molecule has 0 heterocycles. The molecule has 0 aromatic rings. The highest BCUT2D eigenvalue weighted by molar-refractivity contribution is 5.85. The fourth-order valence-electron chi connectivity index (χ4n) is 0.864. The summed E-state index contributed by atoms with van der Waals surface area (Å²) < 4.78 is 10.5. The van der Waals surface area contributed by atoms with E-state index in [1.165, 1.54) is 6.08 Å². The second-order valence-corrected chi connectivity index (χ2v) is 2.82. The molecule has 6 heteroatoms. The van der Waals surface area contributed by atoms with Crippen LogP contribution in [0.2, 0.25) is 0 Å². The van der Waals surface area contributed by atoms with E-state index in [9.17, 15) is 4.79 Å². The molecule has 0 aliphatic carbocycles. The van der Waals surface area contributed by atoms with Gasteiger partial charge in [-0.15, -0.1) is 0 Å². The van der Waals surface area contributed by atoms with Gasteiger partial charge in [-0.05, 0) is 6.08 Å². The predicted molar refractivity (Wildman–Crippen MR) is 57.0 cm³/mol. The topological polar surface area (TPSA) is 114 Å². The number of hydrogen-bond acceptors (Lipinski definition) is 5. The molecule has 1 amide bonds. The average Bonchev–Trinajstić information content (AvgIpc) is 2.21. The van der Waals surface area contributed by atoms with Gasteiger partial charge < -0.3 is 26.7 Å². The molecule has 88 valence electrons. The smallest absolute Gasteiger partial charge is 0.241 e. The number of amides is 1. The average molecular weight is 217 g/mol. The van der Waals surface area contributed by atoms with Crippen molar-refractivity contribution in [2.75, 3.05) is 32.9 Å². The highest BCUT2D eigenvalue weighted by Gasteiger charge is 2.04. The number of nitrogens with two attached hydrogens (primary N) is 3.